The molecule has 9 nitrogen and oxygen atoms in total. The second-order valence-electron chi connectivity index (χ2n) is 7.56. The molecule has 2 rings (SSSR count). The molecule has 10 heteroatoms. The van der Waals surface area contributed by atoms with E-state index >= 15 is 0 Å². The van der Waals surface area contributed by atoms with E-state index in [2.05, 4.69) is 5.32 Å². The quantitative estimate of drug-likeness (QED) is 0.310. The molecule has 0 aliphatic carbocycles. The van der Waals surface area contributed by atoms with E-state index in [1.807, 2.05) is 32.0 Å². The highest BCUT2D eigenvalue weighted by Gasteiger charge is 2.23. The van der Waals surface area contributed by atoms with E-state index in [1.165, 1.54) is 30.7 Å². The number of rotatable bonds is 11. The number of nitrogens with one attached hydrogen (secondary N) is 1. The van der Waals surface area contributed by atoms with Crippen LogP contribution in [0.4, 0.5) is 11.4 Å². The van der Waals surface area contributed by atoms with Gasteiger partial charge in [0.2, 0.25) is 15.9 Å². The Morgan fingerprint density at radius 1 is 1.16 bits per heavy atom. The third-order valence-electron chi connectivity index (χ3n) is 5.08. The zero-order valence-electron chi connectivity index (χ0n) is 18.8. The first-order chi connectivity index (χ1) is 15.0. The lowest BCUT2D eigenvalue weighted by molar-refractivity contribution is -0.385. The van der Waals surface area contributed by atoms with Crippen molar-refractivity contribution in [3.63, 3.8) is 0 Å². The van der Waals surface area contributed by atoms with Crippen molar-refractivity contribution in [3.05, 3.63) is 63.2 Å². The first kappa shape index (κ1) is 25.1. The molecule has 32 heavy (non-hydrogen) atoms. The summed E-state index contributed by atoms with van der Waals surface area (Å²) in [6.45, 7) is 6.20. The van der Waals surface area contributed by atoms with Gasteiger partial charge in [0.25, 0.3) is 5.69 Å². The van der Waals surface area contributed by atoms with Crippen molar-refractivity contribution < 1.29 is 22.9 Å². The molecule has 2 aromatic carbocycles. The highest BCUT2D eigenvalue weighted by Crippen LogP contribution is 2.30. The number of ether oxygens (including phenoxy) is 1. The first-order valence-electron chi connectivity index (χ1n) is 10.2. The second kappa shape index (κ2) is 10.9. The molecule has 1 N–H and O–H groups in total. The lowest BCUT2D eigenvalue weighted by Gasteiger charge is -2.24. The van der Waals surface area contributed by atoms with Crippen LogP contribution in [-0.4, -0.2) is 45.2 Å². The maximum absolute atomic E-state index is 12.3. The summed E-state index contributed by atoms with van der Waals surface area (Å²) in [5.74, 6) is 0.511. The minimum Gasteiger partial charge on any atom is -0.492 e. The molecule has 0 aliphatic rings. The Bertz CT molecular complexity index is 1090. The molecule has 0 atom stereocenters. The van der Waals surface area contributed by atoms with Crippen molar-refractivity contribution in [3.8, 4) is 5.75 Å². The Hall–Kier alpha value is -3.14. The average Bonchev–Trinajstić information content (AvgIpc) is 2.70. The summed E-state index contributed by atoms with van der Waals surface area (Å²) in [4.78, 5) is 22.7. The number of carbonyl (C=O) groups is 1. The number of benzene rings is 2. The van der Waals surface area contributed by atoms with E-state index in [1.54, 1.807) is 0 Å². The van der Waals surface area contributed by atoms with E-state index in [0.717, 1.165) is 21.9 Å². The molecule has 174 valence electrons. The fourth-order valence-corrected chi connectivity index (χ4v) is 4.19. The topological polar surface area (TPSA) is 119 Å². The number of amides is 1. The number of sulfonamides is 1. The Morgan fingerprint density at radius 3 is 2.50 bits per heavy atom. The lowest BCUT2D eigenvalue weighted by atomic mass is 10.1. The van der Waals surface area contributed by atoms with Gasteiger partial charge < -0.3 is 10.1 Å². The molecule has 2 aromatic rings. The molecule has 0 spiro atoms. The van der Waals surface area contributed by atoms with Crippen molar-refractivity contribution in [1.29, 1.82) is 0 Å². The molecule has 0 unspecified atom stereocenters. The van der Waals surface area contributed by atoms with Crippen LogP contribution >= 0.6 is 0 Å². The molecule has 0 saturated heterocycles. The normalized spacial score (nSPS) is 11.1. The van der Waals surface area contributed by atoms with Gasteiger partial charge in [0.15, 0.2) is 0 Å². The summed E-state index contributed by atoms with van der Waals surface area (Å²) in [5, 5.41) is 13.9. The molecule has 0 fully saturated rings. The average molecular weight is 464 g/mol. The van der Waals surface area contributed by atoms with Crippen LogP contribution in [0, 0.1) is 30.9 Å². The van der Waals surface area contributed by atoms with E-state index in [9.17, 15) is 23.3 Å². The lowest BCUT2D eigenvalue weighted by Crippen LogP contribution is -2.33. The van der Waals surface area contributed by atoms with Gasteiger partial charge in [-0.25, -0.2) is 8.42 Å². The van der Waals surface area contributed by atoms with Crippen LogP contribution in [0.3, 0.4) is 0 Å². The van der Waals surface area contributed by atoms with E-state index in [-0.39, 0.29) is 42.2 Å². The monoisotopic (exact) mass is 463 g/mol. The van der Waals surface area contributed by atoms with E-state index < -0.39 is 14.9 Å². The predicted molar refractivity (Wildman–Crippen MR) is 124 cm³/mol. The van der Waals surface area contributed by atoms with Gasteiger partial charge in [-0.15, -0.1) is 0 Å². The third kappa shape index (κ3) is 6.94. The number of nitrogens with zero attached hydrogens (tertiary/aromatic N) is 2. The molecule has 0 bridgehead atoms. The van der Waals surface area contributed by atoms with Crippen molar-refractivity contribution in [2.45, 2.75) is 33.6 Å². The Morgan fingerprint density at radius 2 is 1.88 bits per heavy atom. The summed E-state index contributed by atoms with van der Waals surface area (Å²) in [7, 11) is -3.68. The Labute approximate surface area is 188 Å². The van der Waals surface area contributed by atoms with Crippen LogP contribution in [0.25, 0.3) is 0 Å². The van der Waals surface area contributed by atoms with Gasteiger partial charge in [-0.3, -0.25) is 19.2 Å². The molecule has 0 heterocycles. The van der Waals surface area contributed by atoms with Crippen molar-refractivity contribution in [2.75, 3.05) is 30.3 Å². The van der Waals surface area contributed by atoms with Crippen molar-refractivity contribution in [2.24, 2.45) is 0 Å². The van der Waals surface area contributed by atoms with Crippen LogP contribution in [0.2, 0.25) is 0 Å². The summed E-state index contributed by atoms with van der Waals surface area (Å²) in [5.41, 5.74) is 2.65. The van der Waals surface area contributed by atoms with Gasteiger partial charge >= 0.3 is 0 Å². The Balaban J connectivity index is 1.86. The van der Waals surface area contributed by atoms with Gasteiger partial charge in [-0.05, 0) is 56.5 Å². The molecule has 0 radical (unpaired) electrons. The molecule has 0 saturated carbocycles. The number of nitro benzene ring substituents is 1. The van der Waals surface area contributed by atoms with Gasteiger partial charge in [-0.2, -0.15) is 0 Å². The summed E-state index contributed by atoms with van der Waals surface area (Å²) >= 11 is 0. The number of nitro groups is 1. The predicted octanol–water partition coefficient (Wildman–Crippen LogP) is 3.26. The van der Waals surface area contributed by atoms with E-state index in [4.69, 9.17) is 4.74 Å². The number of hydrogen-bond donors (Lipinski definition) is 1. The number of hydrogen-bond acceptors (Lipinski definition) is 6. The molecule has 0 aliphatic heterocycles. The van der Waals surface area contributed by atoms with Gasteiger partial charge in [0.1, 0.15) is 12.4 Å². The minimum atomic E-state index is -3.68. The standard InChI is InChI=1S/C22H29N3O6S/c1-16-10-11-19(15-17(16)2)31-14-12-23-22(26)9-6-13-24(32(4,29)30)20-7-5-8-21(18(20)3)25(27)28/h5,7-8,10-11,15H,6,9,12-14H2,1-4H3,(H,23,26). The van der Waals surface area contributed by atoms with Gasteiger partial charge in [0, 0.05) is 19.0 Å². The van der Waals surface area contributed by atoms with Crippen molar-refractivity contribution in [1.82, 2.24) is 5.32 Å². The fourth-order valence-electron chi connectivity index (χ4n) is 3.18. The maximum Gasteiger partial charge on any atom is 0.274 e. The van der Waals surface area contributed by atoms with Crippen LogP contribution in [0.5, 0.6) is 5.75 Å². The number of carbonyl (C=O) groups excluding carboxylic acids is 1. The molecular weight excluding hydrogens is 434 g/mol. The smallest absolute Gasteiger partial charge is 0.274 e. The van der Waals surface area contributed by atoms with Crippen LogP contribution in [0.15, 0.2) is 36.4 Å². The van der Waals surface area contributed by atoms with Crippen LogP contribution in [0.1, 0.15) is 29.5 Å². The van der Waals surface area contributed by atoms with Crippen molar-refractivity contribution >= 4 is 27.3 Å². The highest BCUT2D eigenvalue weighted by molar-refractivity contribution is 7.92. The third-order valence-corrected chi connectivity index (χ3v) is 6.26. The van der Waals surface area contributed by atoms with Gasteiger partial charge in [-0.1, -0.05) is 12.1 Å². The Kier molecular flexibility index (Phi) is 8.59. The fraction of sp³-hybridized carbons (Fsp3) is 0.409. The SMILES string of the molecule is Cc1ccc(OCCNC(=O)CCCN(c2cccc([N+](=O)[O-])c2C)S(C)(=O)=O)cc1C. The summed E-state index contributed by atoms with van der Waals surface area (Å²) in [6, 6.07) is 10.1. The molecule has 1 amide bonds. The highest BCUT2D eigenvalue weighted by atomic mass is 32.2. The minimum absolute atomic E-state index is 0.0351. The van der Waals surface area contributed by atoms with E-state index in [0.29, 0.717) is 13.2 Å². The summed E-state index contributed by atoms with van der Waals surface area (Å²) < 4.78 is 31.3. The number of anilines is 1. The molecular formula is C22H29N3O6S. The first-order valence-corrected chi connectivity index (χ1v) is 12.0. The summed E-state index contributed by atoms with van der Waals surface area (Å²) in [6.07, 6.45) is 1.41. The molecule has 0 aromatic heterocycles. The zero-order chi connectivity index (χ0) is 23.9. The maximum atomic E-state index is 12.3. The zero-order valence-corrected chi connectivity index (χ0v) is 19.6. The van der Waals surface area contributed by atoms with Gasteiger partial charge in [0.05, 0.1) is 29.0 Å². The van der Waals surface area contributed by atoms with Crippen LogP contribution < -0.4 is 14.4 Å². The van der Waals surface area contributed by atoms with Crippen LogP contribution in [-0.2, 0) is 14.8 Å². The second-order valence-corrected chi connectivity index (χ2v) is 9.47. The number of aryl methyl sites for hydroxylation is 2. The largest absolute Gasteiger partial charge is 0.492 e.